The highest BCUT2D eigenvalue weighted by Gasteiger charge is 2.30. The van der Waals surface area contributed by atoms with Crippen molar-refractivity contribution in [3.8, 4) is 0 Å². The number of hydrogen-bond acceptors (Lipinski definition) is 0. The maximum absolute atomic E-state index is 13.1. The van der Waals surface area contributed by atoms with E-state index in [4.69, 9.17) is 0 Å². The SMILES string of the molecule is C[C@H](c1cccc2ccccc12)/[N+](=C/c1ccccc1)CCCc1cccc(C(F)(F)F)c1. The van der Waals surface area contributed by atoms with Gasteiger partial charge in [-0.1, -0.05) is 78.9 Å². The van der Waals surface area contributed by atoms with Gasteiger partial charge in [-0.25, -0.2) is 4.58 Å². The number of rotatable bonds is 7. The van der Waals surface area contributed by atoms with Crippen LogP contribution in [0, 0.1) is 0 Å². The summed E-state index contributed by atoms with van der Waals surface area (Å²) in [6, 6.07) is 30.6. The van der Waals surface area contributed by atoms with Crippen molar-refractivity contribution >= 4 is 17.0 Å². The van der Waals surface area contributed by atoms with Crippen molar-refractivity contribution in [3.63, 3.8) is 0 Å². The highest BCUT2D eigenvalue weighted by atomic mass is 19.4. The molecule has 0 saturated carbocycles. The van der Waals surface area contributed by atoms with Crippen LogP contribution in [0.25, 0.3) is 10.8 Å². The van der Waals surface area contributed by atoms with Crippen LogP contribution < -0.4 is 0 Å². The van der Waals surface area contributed by atoms with Crippen LogP contribution in [0.4, 0.5) is 13.2 Å². The lowest BCUT2D eigenvalue weighted by Gasteiger charge is -2.15. The third-order valence-electron chi connectivity index (χ3n) is 6.02. The Hall–Kier alpha value is -3.40. The van der Waals surface area contributed by atoms with E-state index in [0.717, 1.165) is 24.6 Å². The lowest BCUT2D eigenvalue weighted by atomic mass is 9.99. The van der Waals surface area contributed by atoms with Crippen molar-refractivity contribution < 1.29 is 17.7 Å². The summed E-state index contributed by atoms with van der Waals surface area (Å²) in [5.41, 5.74) is 2.46. The zero-order valence-corrected chi connectivity index (χ0v) is 18.6. The molecule has 0 unspecified atom stereocenters. The summed E-state index contributed by atoms with van der Waals surface area (Å²) in [6.45, 7) is 2.92. The van der Waals surface area contributed by atoms with Crippen molar-refractivity contribution in [2.24, 2.45) is 0 Å². The number of aryl methyl sites for hydroxylation is 1. The average molecular weight is 447 g/mol. The first-order chi connectivity index (χ1) is 15.9. The maximum Gasteiger partial charge on any atom is 0.416 e. The fraction of sp³-hybridized carbons (Fsp3) is 0.207. The smallest absolute Gasteiger partial charge is 0.229 e. The first kappa shape index (κ1) is 22.8. The van der Waals surface area contributed by atoms with Crippen LogP contribution in [0.15, 0.2) is 97.1 Å². The van der Waals surface area contributed by atoms with Gasteiger partial charge in [-0.05, 0) is 41.0 Å². The molecule has 168 valence electrons. The Balaban J connectivity index is 1.59. The largest absolute Gasteiger partial charge is 0.416 e. The summed E-state index contributed by atoms with van der Waals surface area (Å²) < 4.78 is 41.5. The highest BCUT2D eigenvalue weighted by molar-refractivity contribution is 5.86. The zero-order valence-electron chi connectivity index (χ0n) is 18.6. The van der Waals surface area contributed by atoms with Crippen molar-refractivity contribution in [2.45, 2.75) is 32.0 Å². The van der Waals surface area contributed by atoms with E-state index in [1.807, 2.05) is 24.3 Å². The Bertz CT molecular complexity index is 1240. The normalized spacial score (nSPS) is 13.3. The standard InChI is InChI=1S/C29H27F3N/c1-22(27-18-8-15-25-14-5-6-17-28(25)27)33(21-24-10-3-2-4-11-24)19-9-13-23-12-7-16-26(20-23)29(30,31)32/h2-8,10-12,14-18,20-22H,9,13,19H2,1H3/q+1/b33-21+/t22-/m1/s1. The van der Waals surface area contributed by atoms with Gasteiger partial charge in [0.25, 0.3) is 0 Å². The molecular formula is C29H27F3N+. The van der Waals surface area contributed by atoms with Gasteiger partial charge in [0.2, 0.25) is 0 Å². The second-order valence-electron chi connectivity index (χ2n) is 8.32. The molecule has 0 saturated heterocycles. The molecular weight excluding hydrogens is 419 g/mol. The molecule has 4 aromatic rings. The van der Waals surface area contributed by atoms with Crippen molar-refractivity contribution in [1.29, 1.82) is 0 Å². The molecule has 4 aromatic carbocycles. The second kappa shape index (κ2) is 10.0. The molecule has 0 aliphatic heterocycles. The molecule has 0 aliphatic rings. The van der Waals surface area contributed by atoms with E-state index in [9.17, 15) is 13.2 Å². The predicted octanol–water partition coefficient (Wildman–Crippen LogP) is 7.68. The molecule has 0 radical (unpaired) electrons. The minimum absolute atomic E-state index is 0.109. The number of benzene rings is 4. The molecule has 0 amide bonds. The number of halogens is 3. The molecule has 33 heavy (non-hydrogen) atoms. The first-order valence-electron chi connectivity index (χ1n) is 11.2. The van der Waals surface area contributed by atoms with E-state index in [1.54, 1.807) is 6.07 Å². The fourth-order valence-electron chi connectivity index (χ4n) is 4.26. The summed E-state index contributed by atoms with van der Waals surface area (Å²) in [5, 5.41) is 2.42. The number of alkyl halides is 3. The minimum Gasteiger partial charge on any atom is -0.229 e. The molecule has 0 aliphatic carbocycles. The Morgan fingerprint density at radius 2 is 1.52 bits per heavy atom. The predicted molar refractivity (Wildman–Crippen MR) is 129 cm³/mol. The van der Waals surface area contributed by atoms with E-state index in [2.05, 4.69) is 66.2 Å². The van der Waals surface area contributed by atoms with Gasteiger partial charge < -0.3 is 0 Å². The van der Waals surface area contributed by atoms with Crippen LogP contribution in [0.5, 0.6) is 0 Å². The minimum atomic E-state index is -4.31. The summed E-state index contributed by atoms with van der Waals surface area (Å²) in [4.78, 5) is 0. The molecule has 4 rings (SSSR count). The number of fused-ring (bicyclic) bond motifs is 1. The van der Waals surface area contributed by atoms with Gasteiger partial charge in [-0.2, -0.15) is 13.2 Å². The lowest BCUT2D eigenvalue weighted by molar-refractivity contribution is -0.564. The van der Waals surface area contributed by atoms with Gasteiger partial charge in [-0.3, -0.25) is 0 Å². The molecule has 0 fully saturated rings. The molecule has 4 heteroatoms. The van der Waals surface area contributed by atoms with Crippen LogP contribution in [0.1, 0.15) is 41.6 Å². The van der Waals surface area contributed by atoms with Crippen LogP contribution in [-0.2, 0) is 12.6 Å². The third kappa shape index (κ3) is 5.70. The molecule has 0 aromatic heterocycles. The quantitative estimate of drug-likeness (QED) is 0.202. The summed E-state index contributed by atoms with van der Waals surface area (Å²) in [6.07, 6.45) is -0.824. The average Bonchev–Trinajstić information content (AvgIpc) is 2.83. The highest BCUT2D eigenvalue weighted by Crippen LogP contribution is 2.30. The van der Waals surface area contributed by atoms with E-state index < -0.39 is 11.7 Å². The summed E-state index contributed by atoms with van der Waals surface area (Å²) in [7, 11) is 0. The maximum atomic E-state index is 13.1. The van der Waals surface area contributed by atoms with Gasteiger partial charge in [0, 0.05) is 24.5 Å². The van der Waals surface area contributed by atoms with E-state index in [0.29, 0.717) is 12.0 Å². The topological polar surface area (TPSA) is 3.01 Å². The van der Waals surface area contributed by atoms with Gasteiger partial charge in [0.1, 0.15) is 6.54 Å². The number of hydrogen-bond donors (Lipinski definition) is 0. The van der Waals surface area contributed by atoms with E-state index in [-0.39, 0.29) is 6.04 Å². The molecule has 0 N–H and O–H groups in total. The van der Waals surface area contributed by atoms with Gasteiger partial charge >= 0.3 is 6.18 Å². The molecule has 0 spiro atoms. The third-order valence-corrected chi connectivity index (χ3v) is 6.02. The summed E-state index contributed by atoms with van der Waals surface area (Å²) >= 11 is 0. The van der Waals surface area contributed by atoms with Gasteiger partial charge in [0.15, 0.2) is 12.3 Å². The Morgan fingerprint density at radius 1 is 0.818 bits per heavy atom. The van der Waals surface area contributed by atoms with E-state index in [1.165, 1.54) is 28.5 Å². The lowest BCUT2D eigenvalue weighted by Crippen LogP contribution is -2.20. The van der Waals surface area contributed by atoms with Crippen LogP contribution >= 0.6 is 0 Å². The monoisotopic (exact) mass is 446 g/mol. The Labute approximate surface area is 192 Å². The van der Waals surface area contributed by atoms with Gasteiger partial charge in [0.05, 0.1) is 5.56 Å². The molecule has 1 atom stereocenters. The van der Waals surface area contributed by atoms with Crippen molar-refractivity contribution in [1.82, 2.24) is 0 Å². The fourth-order valence-corrected chi connectivity index (χ4v) is 4.26. The molecule has 0 bridgehead atoms. The van der Waals surface area contributed by atoms with Crippen LogP contribution in [0.2, 0.25) is 0 Å². The van der Waals surface area contributed by atoms with Crippen LogP contribution in [0.3, 0.4) is 0 Å². The van der Waals surface area contributed by atoms with Crippen LogP contribution in [-0.4, -0.2) is 17.3 Å². The Morgan fingerprint density at radius 3 is 2.30 bits per heavy atom. The molecule has 0 heterocycles. The zero-order chi connectivity index (χ0) is 23.3. The Kier molecular flexibility index (Phi) is 6.93. The van der Waals surface area contributed by atoms with Crippen molar-refractivity contribution in [3.05, 3.63) is 119 Å². The van der Waals surface area contributed by atoms with E-state index >= 15 is 0 Å². The van der Waals surface area contributed by atoms with Gasteiger partial charge in [-0.15, -0.1) is 0 Å². The van der Waals surface area contributed by atoms with Crippen molar-refractivity contribution in [2.75, 3.05) is 6.54 Å². The second-order valence-corrected chi connectivity index (χ2v) is 8.32. The first-order valence-corrected chi connectivity index (χ1v) is 11.2. The molecule has 1 nitrogen and oxygen atoms in total. The summed E-state index contributed by atoms with van der Waals surface area (Å²) in [5.74, 6) is 0. The number of nitrogens with zero attached hydrogens (tertiary/aromatic N) is 1.